The first-order valence-electron chi connectivity index (χ1n) is 29.6. The van der Waals surface area contributed by atoms with Crippen molar-refractivity contribution in [2.24, 2.45) is 0 Å². The second kappa shape index (κ2) is 28.4. The molecule has 0 N–H and O–H groups in total. The summed E-state index contributed by atoms with van der Waals surface area (Å²) in [6, 6.07) is 43.0. The second-order valence-electron chi connectivity index (χ2n) is 24.6. The van der Waals surface area contributed by atoms with Crippen LogP contribution in [-0.4, -0.2) is 35.1 Å². The Hall–Kier alpha value is -6.99. The van der Waals surface area contributed by atoms with Crippen molar-refractivity contribution in [1.82, 2.24) is 35.1 Å². The highest BCUT2D eigenvalue weighted by molar-refractivity contribution is 5.87. The molecule has 5 aromatic carbocycles. The number of aromatic nitrogens is 7. The number of fused-ring (bicyclic) bond motifs is 5. The van der Waals surface area contributed by atoms with E-state index in [1.54, 1.807) is 0 Å². The topological polar surface area (TPSA) is 90.2 Å². The minimum absolute atomic E-state index is 0.382. The number of nitrogens with zero attached hydrogens (tertiary/aromatic N) is 7. The molecule has 0 aliphatic rings. The summed E-state index contributed by atoms with van der Waals surface area (Å²) in [5, 5.41) is 16.2. The van der Waals surface area contributed by atoms with E-state index in [0.29, 0.717) is 59.2 Å². The zero-order valence-electron chi connectivity index (χ0n) is 52.2. The van der Waals surface area contributed by atoms with Gasteiger partial charge in [0.15, 0.2) is 0 Å². The summed E-state index contributed by atoms with van der Waals surface area (Å²) in [5.41, 5.74) is 15.8. The zero-order valence-corrected chi connectivity index (χ0v) is 52.2. The van der Waals surface area contributed by atoms with Gasteiger partial charge in [-0.2, -0.15) is 5.10 Å². The lowest BCUT2D eigenvalue weighted by Crippen LogP contribution is -1.99. The largest absolute Gasteiger partial charge is 0.260 e. The highest BCUT2D eigenvalue weighted by Crippen LogP contribution is 2.31. The number of para-hydroxylation sites is 1. The van der Waals surface area contributed by atoms with E-state index in [2.05, 4.69) is 290 Å². The Labute approximate surface area is 481 Å². The molecule has 5 heterocycles. The van der Waals surface area contributed by atoms with Crippen molar-refractivity contribution >= 4 is 54.4 Å². The van der Waals surface area contributed by atoms with Crippen LogP contribution in [0.5, 0.6) is 0 Å². The standard InChI is InChI=1S/3C15H19N.2C14H18N2/c1-10(2)13-8-12-6-5-7-14(11(3)4)15(12)16-9-13;1-10(2)13-7-5-6-12-8-15(11(3)4)16-9-14(12)13;1-10(2)12-6-5-7-15-13(12)8-9-14(16-15)11(3)4;1-9(2)11-6-5-7-13-12(11)8-15-14(16-13)10(3)4;1-9(2)12-7-5-6-11-8-13(10(3)4)15-16-14(11)12/h3*5-11H,1-4H3;2*5-10H,1-4H3. The van der Waals surface area contributed by atoms with Crippen LogP contribution in [0.3, 0.4) is 0 Å². The number of benzene rings is 5. The number of hydrogen-bond acceptors (Lipinski definition) is 7. The van der Waals surface area contributed by atoms with Gasteiger partial charge in [0, 0.05) is 62.8 Å². The fraction of sp³-hybridized carbons (Fsp3) is 0.411. The molecule has 0 saturated carbocycles. The van der Waals surface area contributed by atoms with Gasteiger partial charge < -0.3 is 0 Å². The maximum Gasteiger partial charge on any atom is 0.131 e. The van der Waals surface area contributed by atoms with Crippen LogP contribution in [0.1, 0.15) is 254 Å². The summed E-state index contributed by atoms with van der Waals surface area (Å²) in [4.78, 5) is 22.9. The maximum atomic E-state index is 4.72. The van der Waals surface area contributed by atoms with Crippen molar-refractivity contribution in [2.75, 3.05) is 0 Å². The van der Waals surface area contributed by atoms with Gasteiger partial charge in [0.2, 0.25) is 0 Å². The zero-order chi connectivity index (χ0) is 58.5. The second-order valence-corrected chi connectivity index (χ2v) is 24.6. The molecular weight excluding hydrogens is 975 g/mol. The highest BCUT2D eigenvalue weighted by atomic mass is 15.1. The molecule has 0 bridgehead atoms. The Morgan fingerprint density at radius 2 is 0.725 bits per heavy atom. The first-order valence-corrected chi connectivity index (χ1v) is 29.6. The molecule has 0 radical (unpaired) electrons. The van der Waals surface area contributed by atoms with Crippen LogP contribution in [-0.2, 0) is 0 Å². The molecule has 5 aromatic heterocycles. The molecule has 0 spiro atoms. The molecule has 0 amide bonds. The predicted molar refractivity (Wildman–Crippen MR) is 345 cm³/mol. The molecule has 10 aromatic rings. The molecule has 420 valence electrons. The lowest BCUT2D eigenvalue weighted by Gasteiger charge is -2.11. The normalized spacial score (nSPS) is 11.6. The predicted octanol–water partition coefficient (Wildman–Crippen LogP) is 21.2. The van der Waals surface area contributed by atoms with Crippen molar-refractivity contribution in [3.05, 3.63) is 196 Å². The first-order chi connectivity index (χ1) is 38.0. The van der Waals surface area contributed by atoms with Gasteiger partial charge in [-0.1, -0.05) is 223 Å². The van der Waals surface area contributed by atoms with Crippen LogP contribution in [0.2, 0.25) is 0 Å². The molecule has 7 nitrogen and oxygen atoms in total. The van der Waals surface area contributed by atoms with Gasteiger partial charge in [-0.15, -0.1) is 5.10 Å². The molecule has 0 atom stereocenters. The summed E-state index contributed by atoms with van der Waals surface area (Å²) >= 11 is 0. The van der Waals surface area contributed by atoms with Crippen molar-refractivity contribution in [3.8, 4) is 0 Å². The minimum Gasteiger partial charge on any atom is -0.260 e. The van der Waals surface area contributed by atoms with E-state index in [1.165, 1.54) is 77.1 Å². The van der Waals surface area contributed by atoms with Gasteiger partial charge in [0.05, 0.1) is 27.8 Å². The van der Waals surface area contributed by atoms with E-state index in [4.69, 9.17) is 4.98 Å². The molecular formula is C73H93N7. The Bertz CT molecular complexity index is 3050. The molecule has 80 heavy (non-hydrogen) atoms. The van der Waals surface area contributed by atoms with E-state index >= 15 is 0 Å². The van der Waals surface area contributed by atoms with Crippen molar-refractivity contribution in [1.29, 1.82) is 0 Å². The molecule has 0 unspecified atom stereocenters. The van der Waals surface area contributed by atoms with Gasteiger partial charge in [-0.25, -0.2) is 9.97 Å². The van der Waals surface area contributed by atoms with Gasteiger partial charge >= 0.3 is 0 Å². The average molecular weight is 1070 g/mol. The quantitative estimate of drug-likeness (QED) is 0.135. The fourth-order valence-electron chi connectivity index (χ4n) is 9.76. The molecule has 7 heteroatoms. The van der Waals surface area contributed by atoms with Crippen molar-refractivity contribution in [3.63, 3.8) is 0 Å². The number of rotatable bonds is 10. The van der Waals surface area contributed by atoms with Crippen LogP contribution in [0.4, 0.5) is 0 Å². The molecule has 10 rings (SSSR count). The van der Waals surface area contributed by atoms with Gasteiger partial charge in [-0.3, -0.25) is 15.0 Å². The lowest BCUT2D eigenvalue weighted by molar-refractivity contribution is 0.781. The van der Waals surface area contributed by atoms with E-state index in [-0.39, 0.29) is 0 Å². The highest BCUT2D eigenvalue weighted by Gasteiger charge is 2.13. The van der Waals surface area contributed by atoms with Crippen LogP contribution < -0.4 is 0 Å². The summed E-state index contributed by atoms with van der Waals surface area (Å²) in [6.07, 6.45) is 6.01. The van der Waals surface area contributed by atoms with Crippen molar-refractivity contribution < 1.29 is 0 Å². The summed E-state index contributed by atoms with van der Waals surface area (Å²) in [5.74, 6) is 5.89. The monoisotopic (exact) mass is 1070 g/mol. The van der Waals surface area contributed by atoms with Crippen LogP contribution in [0, 0.1) is 0 Å². The maximum absolute atomic E-state index is 4.72. The Morgan fingerprint density at radius 3 is 1.25 bits per heavy atom. The number of hydrogen-bond donors (Lipinski definition) is 0. The van der Waals surface area contributed by atoms with E-state index in [9.17, 15) is 0 Å². The smallest absolute Gasteiger partial charge is 0.131 e. The third-order valence-corrected chi connectivity index (χ3v) is 14.8. The van der Waals surface area contributed by atoms with E-state index in [0.717, 1.165) is 33.6 Å². The molecule has 0 fully saturated rings. The third kappa shape index (κ3) is 15.9. The molecule has 0 aliphatic carbocycles. The van der Waals surface area contributed by atoms with Crippen LogP contribution in [0.25, 0.3) is 54.4 Å². The van der Waals surface area contributed by atoms with Crippen LogP contribution in [0.15, 0.2) is 140 Å². The Morgan fingerprint density at radius 1 is 0.275 bits per heavy atom. The van der Waals surface area contributed by atoms with Crippen LogP contribution >= 0.6 is 0 Å². The minimum atomic E-state index is 0.382. The molecule has 0 aliphatic heterocycles. The van der Waals surface area contributed by atoms with Gasteiger partial charge in [-0.05, 0) is 128 Å². The SMILES string of the molecule is CC(C)c1cc2cccc(C(C)C)c2cn1.CC(C)c1cc2cccc(C(C)C)c2nn1.CC(C)c1ccc2c(C(C)C)cccc2n1.CC(C)c1cnc2c(C(C)C)cccc2c1.CC(C)c1ncc2c(C(C)C)cccc2n1. The summed E-state index contributed by atoms with van der Waals surface area (Å²) in [7, 11) is 0. The Kier molecular flexibility index (Phi) is 22.1. The first kappa shape index (κ1) is 62.2. The van der Waals surface area contributed by atoms with E-state index in [1.807, 2.05) is 18.6 Å². The van der Waals surface area contributed by atoms with Gasteiger partial charge in [0.25, 0.3) is 0 Å². The van der Waals surface area contributed by atoms with E-state index < -0.39 is 0 Å². The third-order valence-electron chi connectivity index (χ3n) is 14.8. The Balaban J connectivity index is 0.000000161. The summed E-state index contributed by atoms with van der Waals surface area (Å²) in [6.45, 7) is 43.8. The fourth-order valence-corrected chi connectivity index (χ4v) is 9.76. The number of pyridine rings is 3. The molecule has 0 saturated heterocycles. The average Bonchev–Trinajstić information content (AvgIpc) is 3.49. The summed E-state index contributed by atoms with van der Waals surface area (Å²) < 4.78 is 0. The lowest BCUT2D eigenvalue weighted by atomic mass is 9.96. The van der Waals surface area contributed by atoms with Crippen molar-refractivity contribution in [2.45, 2.75) is 198 Å². The van der Waals surface area contributed by atoms with Gasteiger partial charge in [0.1, 0.15) is 5.82 Å².